The van der Waals surface area contributed by atoms with Crippen molar-refractivity contribution in [1.29, 1.82) is 0 Å². The van der Waals surface area contributed by atoms with E-state index >= 15 is 0 Å². The van der Waals surface area contributed by atoms with Gasteiger partial charge < -0.3 is 18.7 Å². The highest BCUT2D eigenvalue weighted by Crippen LogP contribution is 2.17. The number of nitrogens with zero attached hydrogens (tertiary/aromatic N) is 4. The minimum Gasteiger partial charge on any atom is -0.467 e. The van der Waals surface area contributed by atoms with Crippen LogP contribution < -0.4 is 14.2 Å². The molecule has 0 spiro atoms. The maximum Gasteiger partial charge on any atom is 0.326 e. The molecule has 1 saturated heterocycles. The molecule has 0 saturated carbocycles. The van der Waals surface area contributed by atoms with Gasteiger partial charge in [-0.2, -0.15) is 0 Å². The largest absolute Gasteiger partial charge is 0.467 e. The zero-order valence-electron chi connectivity index (χ0n) is 11.8. The van der Waals surface area contributed by atoms with Crippen LogP contribution in [0, 0.1) is 0 Å². The lowest BCUT2D eigenvalue weighted by Crippen LogP contribution is -2.43. The van der Waals surface area contributed by atoms with Crippen LogP contribution >= 0.6 is 0 Å². The van der Waals surface area contributed by atoms with E-state index in [4.69, 9.17) is 14.2 Å². The van der Waals surface area contributed by atoms with Crippen molar-refractivity contribution in [3.05, 3.63) is 0 Å². The summed E-state index contributed by atoms with van der Waals surface area (Å²) >= 11 is 0. The Bertz CT molecular complexity index is 399. The number of methoxy groups -OCH3 is 2. The van der Waals surface area contributed by atoms with E-state index in [2.05, 4.69) is 22.0 Å². The zero-order valence-corrected chi connectivity index (χ0v) is 11.8. The third-order valence-corrected chi connectivity index (χ3v) is 3.45. The predicted molar refractivity (Wildman–Crippen MR) is 68.4 cm³/mol. The first-order valence-electron chi connectivity index (χ1n) is 6.46. The summed E-state index contributed by atoms with van der Waals surface area (Å²) in [6.07, 6.45) is 2.59. The SMILES string of the molecule is COc1nc(OC)nc(OCC[N+]2(C)CCCC2)n1. The Morgan fingerprint density at radius 1 is 0.947 bits per heavy atom. The highest BCUT2D eigenvalue weighted by molar-refractivity contribution is 5.08. The molecule has 0 amide bonds. The smallest absolute Gasteiger partial charge is 0.326 e. The van der Waals surface area contributed by atoms with Crippen molar-refractivity contribution in [3.63, 3.8) is 0 Å². The summed E-state index contributed by atoms with van der Waals surface area (Å²) in [5, 5.41) is 0. The molecule has 1 aliphatic heterocycles. The lowest BCUT2D eigenvalue weighted by molar-refractivity contribution is -0.897. The van der Waals surface area contributed by atoms with Crippen LogP contribution in [0.4, 0.5) is 0 Å². The molecule has 19 heavy (non-hydrogen) atoms. The van der Waals surface area contributed by atoms with Crippen LogP contribution in [0.25, 0.3) is 0 Å². The average Bonchev–Trinajstić information content (AvgIpc) is 2.85. The van der Waals surface area contributed by atoms with E-state index in [-0.39, 0.29) is 18.0 Å². The first kappa shape index (κ1) is 13.8. The van der Waals surface area contributed by atoms with Crippen molar-refractivity contribution in [2.24, 2.45) is 0 Å². The molecule has 0 aromatic carbocycles. The fourth-order valence-corrected chi connectivity index (χ4v) is 2.25. The van der Waals surface area contributed by atoms with E-state index in [1.54, 1.807) is 0 Å². The van der Waals surface area contributed by atoms with Gasteiger partial charge in [0.25, 0.3) is 0 Å². The Balaban J connectivity index is 1.91. The second-order valence-electron chi connectivity index (χ2n) is 4.94. The zero-order chi connectivity index (χ0) is 13.7. The number of hydrogen-bond donors (Lipinski definition) is 0. The molecule has 1 aliphatic rings. The lowest BCUT2D eigenvalue weighted by atomic mass is 10.4. The van der Waals surface area contributed by atoms with Crippen molar-refractivity contribution in [1.82, 2.24) is 15.0 Å². The van der Waals surface area contributed by atoms with Crippen LogP contribution in [0.3, 0.4) is 0 Å². The van der Waals surface area contributed by atoms with Gasteiger partial charge in [0.15, 0.2) is 0 Å². The summed E-state index contributed by atoms with van der Waals surface area (Å²) in [5.41, 5.74) is 0. The number of rotatable bonds is 6. The van der Waals surface area contributed by atoms with Crippen molar-refractivity contribution in [3.8, 4) is 18.0 Å². The van der Waals surface area contributed by atoms with Gasteiger partial charge in [-0.25, -0.2) is 0 Å². The van der Waals surface area contributed by atoms with E-state index < -0.39 is 0 Å². The number of likely N-dealkylation sites (N-methyl/N-ethyl adjacent to an activating group) is 1. The molecule has 0 atom stereocenters. The molecule has 0 bridgehead atoms. The van der Waals surface area contributed by atoms with Gasteiger partial charge in [-0.05, 0) is 0 Å². The van der Waals surface area contributed by atoms with Gasteiger partial charge in [0, 0.05) is 12.8 Å². The van der Waals surface area contributed by atoms with Crippen molar-refractivity contribution >= 4 is 0 Å². The van der Waals surface area contributed by atoms with Crippen LogP contribution in [0.1, 0.15) is 12.8 Å². The van der Waals surface area contributed by atoms with Crippen LogP contribution in [-0.4, -0.2) is 66.9 Å². The van der Waals surface area contributed by atoms with Gasteiger partial charge in [-0.1, -0.05) is 0 Å². The van der Waals surface area contributed by atoms with E-state index in [0.29, 0.717) is 6.61 Å². The first-order chi connectivity index (χ1) is 9.15. The third-order valence-electron chi connectivity index (χ3n) is 3.45. The number of quaternary nitrogens is 1. The number of aromatic nitrogens is 3. The molecule has 1 aromatic heterocycles. The topological polar surface area (TPSA) is 66.4 Å². The van der Waals surface area contributed by atoms with E-state index in [9.17, 15) is 0 Å². The summed E-state index contributed by atoms with van der Waals surface area (Å²) in [6.45, 7) is 3.96. The summed E-state index contributed by atoms with van der Waals surface area (Å²) in [7, 11) is 5.24. The normalized spacial score (nSPS) is 17.2. The summed E-state index contributed by atoms with van der Waals surface area (Å²) in [4.78, 5) is 12.0. The lowest BCUT2D eigenvalue weighted by Gasteiger charge is -2.28. The minimum absolute atomic E-state index is 0.198. The maximum atomic E-state index is 5.58. The second kappa shape index (κ2) is 6.01. The van der Waals surface area contributed by atoms with E-state index in [1.807, 2.05) is 0 Å². The first-order valence-corrected chi connectivity index (χ1v) is 6.46. The molecule has 0 aliphatic carbocycles. The standard InChI is InChI=1S/C12H21N4O3/c1-16(6-4-5-7-16)8-9-19-12-14-10(17-2)13-11(15-12)18-3/h4-9H2,1-3H3/q+1. The Kier molecular flexibility index (Phi) is 4.36. The number of hydrogen-bond acceptors (Lipinski definition) is 6. The molecule has 7 heteroatoms. The molecule has 1 fully saturated rings. The van der Waals surface area contributed by atoms with Crippen LogP contribution in [0.15, 0.2) is 0 Å². The molecule has 1 aromatic rings. The third kappa shape index (κ3) is 3.66. The number of likely N-dealkylation sites (tertiary alicyclic amines) is 1. The van der Waals surface area contributed by atoms with Gasteiger partial charge in [0.05, 0.1) is 34.4 Å². The maximum absolute atomic E-state index is 5.58. The monoisotopic (exact) mass is 269 g/mol. The van der Waals surface area contributed by atoms with Crippen molar-refractivity contribution in [2.75, 3.05) is 47.5 Å². The molecular formula is C12H21N4O3+. The van der Waals surface area contributed by atoms with Crippen molar-refractivity contribution < 1.29 is 18.7 Å². The van der Waals surface area contributed by atoms with Gasteiger partial charge in [0.2, 0.25) is 0 Å². The summed E-state index contributed by atoms with van der Waals surface area (Å²) in [5.74, 6) is 0. The van der Waals surface area contributed by atoms with E-state index in [0.717, 1.165) is 11.0 Å². The quantitative estimate of drug-likeness (QED) is 0.701. The molecule has 2 rings (SSSR count). The van der Waals surface area contributed by atoms with Gasteiger partial charge in [0.1, 0.15) is 13.2 Å². The van der Waals surface area contributed by atoms with Crippen LogP contribution in [-0.2, 0) is 0 Å². The van der Waals surface area contributed by atoms with Gasteiger partial charge in [-0.3, -0.25) is 0 Å². The molecule has 2 heterocycles. The highest BCUT2D eigenvalue weighted by atomic mass is 16.5. The summed E-state index contributed by atoms with van der Waals surface area (Å²) < 4.78 is 16.6. The molecule has 106 valence electrons. The fraction of sp³-hybridized carbons (Fsp3) is 0.750. The minimum atomic E-state index is 0.198. The molecular weight excluding hydrogens is 248 g/mol. The highest BCUT2D eigenvalue weighted by Gasteiger charge is 2.26. The number of ether oxygens (including phenoxy) is 3. The fourth-order valence-electron chi connectivity index (χ4n) is 2.25. The Morgan fingerprint density at radius 2 is 1.47 bits per heavy atom. The van der Waals surface area contributed by atoms with Crippen LogP contribution in [0.2, 0.25) is 0 Å². The van der Waals surface area contributed by atoms with Gasteiger partial charge >= 0.3 is 18.0 Å². The average molecular weight is 269 g/mol. The Morgan fingerprint density at radius 3 is 2.00 bits per heavy atom. The van der Waals surface area contributed by atoms with E-state index in [1.165, 1.54) is 40.2 Å². The molecule has 0 unspecified atom stereocenters. The van der Waals surface area contributed by atoms with Crippen LogP contribution in [0.5, 0.6) is 18.0 Å². The Hall–Kier alpha value is -1.63. The summed E-state index contributed by atoms with van der Waals surface area (Å²) in [6, 6.07) is 0.640. The predicted octanol–water partition coefficient (Wildman–Crippen LogP) is 0.508. The van der Waals surface area contributed by atoms with Gasteiger partial charge in [-0.15, -0.1) is 15.0 Å². The molecule has 0 N–H and O–H groups in total. The molecule has 7 nitrogen and oxygen atoms in total. The second-order valence-corrected chi connectivity index (χ2v) is 4.94. The van der Waals surface area contributed by atoms with Crippen molar-refractivity contribution in [2.45, 2.75) is 12.8 Å². The Labute approximate surface area is 113 Å². The molecule has 0 radical (unpaired) electrons.